The summed E-state index contributed by atoms with van der Waals surface area (Å²) in [6.07, 6.45) is 0. The van der Waals surface area contributed by atoms with Gasteiger partial charge in [0.05, 0.1) is 10.6 Å². The second-order valence-corrected chi connectivity index (χ2v) is 10.8. The third kappa shape index (κ3) is 5.89. The summed E-state index contributed by atoms with van der Waals surface area (Å²) < 4.78 is 27.9. The lowest BCUT2D eigenvalue weighted by Crippen LogP contribution is -2.32. The molecule has 33 heavy (non-hydrogen) atoms. The second kappa shape index (κ2) is 10.3. The minimum Gasteiger partial charge on any atom is -0.370 e. The zero-order chi connectivity index (χ0) is 23.3. The maximum atomic E-state index is 12.7. The van der Waals surface area contributed by atoms with E-state index in [1.165, 1.54) is 30.0 Å². The zero-order valence-electron chi connectivity index (χ0n) is 18.5. The van der Waals surface area contributed by atoms with Gasteiger partial charge >= 0.3 is 0 Å². The van der Waals surface area contributed by atoms with Crippen LogP contribution in [0.3, 0.4) is 0 Å². The van der Waals surface area contributed by atoms with E-state index in [-0.39, 0.29) is 10.8 Å². The number of aryl methyl sites for hydroxylation is 1. The van der Waals surface area contributed by atoms with E-state index < -0.39 is 10.0 Å². The Morgan fingerprint density at radius 3 is 2.27 bits per heavy atom. The first-order valence-electron chi connectivity index (χ1n) is 10.8. The summed E-state index contributed by atoms with van der Waals surface area (Å²) in [7, 11) is -3.73. The lowest BCUT2D eigenvalue weighted by atomic mass is 10.1. The molecule has 172 valence electrons. The van der Waals surface area contributed by atoms with Crippen LogP contribution in [0.4, 0.5) is 11.4 Å². The molecule has 8 heteroatoms. The lowest BCUT2D eigenvalue weighted by molar-refractivity contribution is 0.0951. The Kier molecular flexibility index (Phi) is 7.25. The van der Waals surface area contributed by atoms with E-state index in [0.717, 1.165) is 35.7 Å². The predicted octanol–water partition coefficient (Wildman–Crippen LogP) is 4.28. The van der Waals surface area contributed by atoms with Gasteiger partial charge in [-0.25, -0.2) is 8.42 Å². The largest absolute Gasteiger partial charge is 0.370 e. The smallest absolute Gasteiger partial charge is 0.261 e. The Labute approximate surface area is 199 Å². The average molecular weight is 482 g/mol. The summed E-state index contributed by atoms with van der Waals surface area (Å²) in [5.41, 5.74) is 4.00. The summed E-state index contributed by atoms with van der Waals surface area (Å²) in [5, 5.41) is 2.90. The molecule has 1 fully saturated rings. The number of hydrogen-bond acceptors (Lipinski definition) is 5. The number of amides is 1. The number of nitrogens with zero attached hydrogens (tertiary/aromatic N) is 1. The van der Waals surface area contributed by atoms with Crippen molar-refractivity contribution < 1.29 is 13.2 Å². The minimum absolute atomic E-state index is 0.106. The van der Waals surface area contributed by atoms with Crippen molar-refractivity contribution in [3.8, 4) is 0 Å². The van der Waals surface area contributed by atoms with Crippen molar-refractivity contribution in [3.05, 3.63) is 89.5 Å². The van der Waals surface area contributed by atoms with Crippen molar-refractivity contribution in [2.24, 2.45) is 0 Å². The number of benzene rings is 3. The monoisotopic (exact) mass is 481 g/mol. The maximum Gasteiger partial charge on any atom is 0.261 e. The average Bonchev–Trinajstić information content (AvgIpc) is 2.85. The Balaban J connectivity index is 1.35. The van der Waals surface area contributed by atoms with Gasteiger partial charge in [0.2, 0.25) is 0 Å². The van der Waals surface area contributed by atoms with Gasteiger partial charge in [0, 0.05) is 42.4 Å². The summed E-state index contributed by atoms with van der Waals surface area (Å²) in [6, 6.07) is 21.4. The number of carbonyl (C=O) groups excluding carboxylic acids is 1. The van der Waals surface area contributed by atoms with Crippen LogP contribution in [0.2, 0.25) is 0 Å². The number of sulfonamides is 1. The normalized spacial score (nSPS) is 14.0. The fourth-order valence-corrected chi connectivity index (χ4v) is 5.64. The van der Waals surface area contributed by atoms with Gasteiger partial charge in [-0.2, -0.15) is 11.8 Å². The lowest BCUT2D eigenvalue weighted by Gasteiger charge is -2.28. The number of anilines is 2. The highest BCUT2D eigenvalue weighted by molar-refractivity contribution is 7.99. The van der Waals surface area contributed by atoms with Crippen LogP contribution >= 0.6 is 11.8 Å². The summed E-state index contributed by atoms with van der Waals surface area (Å²) >= 11 is 1.98. The molecule has 1 aliphatic rings. The highest BCUT2D eigenvalue weighted by atomic mass is 32.2. The Morgan fingerprint density at radius 2 is 1.61 bits per heavy atom. The third-order valence-electron chi connectivity index (χ3n) is 5.58. The Bertz CT molecular complexity index is 1200. The molecule has 2 N–H and O–H groups in total. The van der Waals surface area contributed by atoms with E-state index in [9.17, 15) is 13.2 Å². The first kappa shape index (κ1) is 23.2. The highest BCUT2D eigenvalue weighted by Gasteiger charge is 2.16. The van der Waals surface area contributed by atoms with Gasteiger partial charge < -0.3 is 10.2 Å². The quantitative estimate of drug-likeness (QED) is 0.527. The summed E-state index contributed by atoms with van der Waals surface area (Å²) in [4.78, 5) is 15.0. The predicted molar refractivity (Wildman–Crippen MR) is 136 cm³/mol. The van der Waals surface area contributed by atoms with Gasteiger partial charge in [-0.05, 0) is 60.5 Å². The van der Waals surface area contributed by atoms with Crippen molar-refractivity contribution in [2.45, 2.75) is 18.4 Å². The third-order valence-corrected chi connectivity index (χ3v) is 7.91. The van der Waals surface area contributed by atoms with Crippen LogP contribution in [0.1, 0.15) is 21.5 Å². The minimum atomic E-state index is -3.73. The van der Waals surface area contributed by atoms with Gasteiger partial charge in [0.15, 0.2) is 0 Å². The van der Waals surface area contributed by atoms with E-state index in [2.05, 4.69) is 27.1 Å². The molecule has 4 rings (SSSR count). The number of nitrogens with one attached hydrogen (secondary N) is 2. The van der Waals surface area contributed by atoms with E-state index in [1.807, 2.05) is 43.0 Å². The van der Waals surface area contributed by atoms with Crippen molar-refractivity contribution in [2.75, 3.05) is 34.2 Å². The van der Waals surface area contributed by atoms with Crippen LogP contribution in [-0.2, 0) is 16.6 Å². The molecule has 1 amide bonds. The first-order valence-corrected chi connectivity index (χ1v) is 13.4. The fraction of sp³-hybridized carbons (Fsp3) is 0.240. The van der Waals surface area contributed by atoms with Crippen molar-refractivity contribution in [3.63, 3.8) is 0 Å². The molecule has 1 saturated heterocycles. The van der Waals surface area contributed by atoms with Crippen molar-refractivity contribution in [1.82, 2.24) is 5.32 Å². The second-order valence-electron chi connectivity index (χ2n) is 7.89. The number of carbonyl (C=O) groups is 1. The molecular weight excluding hydrogens is 454 g/mol. The molecule has 3 aromatic carbocycles. The SMILES string of the molecule is Cc1ccccc1NS(=O)(=O)c1ccc(C(=O)NCc2ccc(N3CCSCC3)cc2)cc1. The van der Waals surface area contributed by atoms with Gasteiger partial charge in [-0.1, -0.05) is 30.3 Å². The molecule has 0 spiro atoms. The molecule has 1 aliphatic heterocycles. The van der Waals surface area contributed by atoms with Crippen LogP contribution in [0.25, 0.3) is 0 Å². The maximum absolute atomic E-state index is 12.7. The highest BCUT2D eigenvalue weighted by Crippen LogP contribution is 2.21. The van der Waals surface area contributed by atoms with Crippen LogP contribution in [0, 0.1) is 6.92 Å². The number of hydrogen-bond donors (Lipinski definition) is 2. The van der Waals surface area contributed by atoms with Crippen molar-refractivity contribution in [1.29, 1.82) is 0 Å². The molecule has 1 heterocycles. The molecular formula is C25H27N3O3S2. The molecule has 0 bridgehead atoms. The van der Waals surface area contributed by atoms with Crippen molar-refractivity contribution >= 4 is 39.1 Å². The first-order chi connectivity index (χ1) is 15.9. The van der Waals surface area contributed by atoms with Crippen LogP contribution < -0.4 is 14.9 Å². The van der Waals surface area contributed by atoms with E-state index in [1.54, 1.807) is 12.1 Å². The molecule has 0 saturated carbocycles. The fourth-order valence-electron chi connectivity index (χ4n) is 3.61. The molecule has 6 nitrogen and oxygen atoms in total. The molecule has 3 aromatic rings. The standard InChI is InChI=1S/C25H27N3O3S2/c1-19-4-2-3-5-24(19)27-33(30,31)23-12-8-21(9-13-23)25(29)26-18-20-6-10-22(11-7-20)28-14-16-32-17-15-28/h2-13,27H,14-18H2,1H3,(H,26,29). The van der Waals surface area contributed by atoms with E-state index in [0.29, 0.717) is 17.8 Å². The number of rotatable bonds is 7. The van der Waals surface area contributed by atoms with E-state index in [4.69, 9.17) is 0 Å². The van der Waals surface area contributed by atoms with Crippen LogP contribution in [0.15, 0.2) is 77.7 Å². The molecule has 0 aliphatic carbocycles. The Morgan fingerprint density at radius 1 is 0.939 bits per heavy atom. The van der Waals surface area contributed by atoms with Gasteiger partial charge in [-0.15, -0.1) is 0 Å². The van der Waals surface area contributed by atoms with Gasteiger partial charge in [0.25, 0.3) is 15.9 Å². The molecule has 0 unspecified atom stereocenters. The molecule has 0 aromatic heterocycles. The zero-order valence-corrected chi connectivity index (χ0v) is 20.1. The topological polar surface area (TPSA) is 78.5 Å². The molecule has 0 atom stereocenters. The van der Waals surface area contributed by atoms with Crippen LogP contribution in [0.5, 0.6) is 0 Å². The van der Waals surface area contributed by atoms with Crippen LogP contribution in [-0.4, -0.2) is 38.9 Å². The Hall–Kier alpha value is -2.97. The summed E-state index contributed by atoms with van der Waals surface area (Å²) in [6.45, 7) is 4.37. The number of thioether (sulfide) groups is 1. The molecule has 0 radical (unpaired) electrons. The number of para-hydroxylation sites is 1. The van der Waals surface area contributed by atoms with E-state index >= 15 is 0 Å². The van der Waals surface area contributed by atoms with Gasteiger partial charge in [-0.3, -0.25) is 9.52 Å². The summed E-state index contributed by atoms with van der Waals surface area (Å²) in [5.74, 6) is 2.06. The van der Waals surface area contributed by atoms with Gasteiger partial charge in [0.1, 0.15) is 0 Å².